The maximum atomic E-state index is 9.15. The van der Waals surface area contributed by atoms with Crippen LogP contribution in [0.25, 0.3) is 10.9 Å². The van der Waals surface area contributed by atoms with E-state index in [0.29, 0.717) is 11.2 Å². The van der Waals surface area contributed by atoms with E-state index in [1.165, 1.54) is 7.11 Å². The molecule has 0 aliphatic rings. The minimum atomic E-state index is -1.54. The zero-order chi connectivity index (χ0) is 11.0. The van der Waals surface area contributed by atoms with E-state index in [2.05, 4.69) is 5.10 Å². The summed E-state index contributed by atoms with van der Waals surface area (Å²) in [4.78, 5) is 0. The maximum absolute atomic E-state index is 9.15. The fourth-order valence-electron chi connectivity index (χ4n) is 1.57. The third-order valence-corrected chi connectivity index (χ3v) is 2.25. The molecule has 0 aliphatic heterocycles. The van der Waals surface area contributed by atoms with Gasteiger partial charge < -0.3 is 14.8 Å². The van der Waals surface area contributed by atoms with Crippen molar-refractivity contribution in [2.45, 2.75) is 0 Å². The third-order valence-electron chi connectivity index (χ3n) is 2.25. The number of fused-ring (bicyclic) bond motifs is 1. The summed E-state index contributed by atoms with van der Waals surface area (Å²) in [5, 5.41) is 23.3. The number of hydrogen-bond donors (Lipinski definition) is 2. The summed E-state index contributed by atoms with van der Waals surface area (Å²) >= 11 is 0. The number of ether oxygens (including phenoxy) is 1. The normalized spacial score (nSPS) is 10.7. The highest BCUT2D eigenvalue weighted by Gasteiger charge is 2.18. The van der Waals surface area contributed by atoms with Crippen molar-refractivity contribution < 1.29 is 14.8 Å². The highest BCUT2D eigenvalue weighted by atomic mass is 16.5. The van der Waals surface area contributed by atoms with Gasteiger partial charge >= 0.3 is 7.12 Å². The molecule has 2 N–H and O–H groups in total. The second-order valence-electron chi connectivity index (χ2n) is 3.33. The lowest BCUT2D eigenvalue weighted by molar-refractivity contribution is 0.403. The van der Waals surface area contributed by atoms with E-state index in [1.54, 1.807) is 23.0 Å². The van der Waals surface area contributed by atoms with E-state index in [1.807, 2.05) is 7.05 Å². The summed E-state index contributed by atoms with van der Waals surface area (Å²) in [5.74, 6) is 0.427. The molecule has 5 nitrogen and oxygen atoms in total. The lowest BCUT2D eigenvalue weighted by Crippen LogP contribution is -2.31. The van der Waals surface area contributed by atoms with Gasteiger partial charge in [-0.15, -0.1) is 0 Å². The zero-order valence-electron chi connectivity index (χ0n) is 8.51. The number of aryl methyl sites for hydroxylation is 1. The molecule has 1 aromatic heterocycles. The molecule has 0 atom stereocenters. The monoisotopic (exact) mass is 206 g/mol. The molecule has 0 amide bonds. The first-order valence-electron chi connectivity index (χ1n) is 4.49. The van der Waals surface area contributed by atoms with E-state index in [0.717, 1.165) is 10.9 Å². The molecule has 15 heavy (non-hydrogen) atoms. The molecular weight excluding hydrogens is 195 g/mol. The molecule has 0 bridgehead atoms. The number of aromatic nitrogens is 2. The SMILES string of the molecule is COc1cc2nn(C)cc2cc1B(O)O. The number of methoxy groups -OCH3 is 1. The van der Waals surface area contributed by atoms with Crippen LogP contribution in [0, 0.1) is 0 Å². The van der Waals surface area contributed by atoms with Crippen molar-refractivity contribution >= 4 is 23.5 Å². The van der Waals surface area contributed by atoms with Crippen LogP contribution in [0.3, 0.4) is 0 Å². The molecule has 1 aromatic carbocycles. The predicted octanol–water partition coefficient (Wildman–Crippen LogP) is -0.738. The van der Waals surface area contributed by atoms with Crippen molar-refractivity contribution in [1.82, 2.24) is 9.78 Å². The van der Waals surface area contributed by atoms with Crippen LogP contribution in [-0.2, 0) is 7.05 Å². The van der Waals surface area contributed by atoms with Crippen molar-refractivity contribution in [2.24, 2.45) is 7.05 Å². The highest BCUT2D eigenvalue weighted by molar-refractivity contribution is 6.60. The zero-order valence-corrected chi connectivity index (χ0v) is 8.51. The Morgan fingerprint density at radius 2 is 2.13 bits per heavy atom. The van der Waals surface area contributed by atoms with Gasteiger partial charge in [0.05, 0.1) is 12.6 Å². The fourth-order valence-corrected chi connectivity index (χ4v) is 1.57. The van der Waals surface area contributed by atoms with E-state index in [9.17, 15) is 0 Å². The Balaban J connectivity index is 2.68. The van der Waals surface area contributed by atoms with Crippen LogP contribution >= 0.6 is 0 Å². The number of rotatable bonds is 2. The van der Waals surface area contributed by atoms with Crippen LogP contribution in [0.5, 0.6) is 5.75 Å². The van der Waals surface area contributed by atoms with Gasteiger partial charge in [0.15, 0.2) is 0 Å². The topological polar surface area (TPSA) is 67.5 Å². The minimum absolute atomic E-state index is 0.345. The van der Waals surface area contributed by atoms with Crippen LogP contribution in [0.2, 0.25) is 0 Å². The second kappa shape index (κ2) is 3.56. The molecule has 78 valence electrons. The quantitative estimate of drug-likeness (QED) is 0.635. The van der Waals surface area contributed by atoms with Crippen LogP contribution < -0.4 is 10.2 Å². The Morgan fingerprint density at radius 1 is 1.40 bits per heavy atom. The van der Waals surface area contributed by atoms with Gasteiger partial charge in [0.25, 0.3) is 0 Å². The van der Waals surface area contributed by atoms with E-state index in [-0.39, 0.29) is 0 Å². The van der Waals surface area contributed by atoms with Gasteiger partial charge in [-0.2, -0.15) is 5.10 Å². The van der Waals surface area contributed by atoms with Gasteiger partial charge in [-0.25, -0.2) is 0 Å². The smallest absolute Gasteiger partial charge is 0.492 e. The minimum Gasteiger partial charge on any atom is -0.497 e. The summed E-state index contributed by atoms with van der Waals surface area (Å²) in [5.41, 5.74) is 1.11. The van der Waals surface area contributed by atoms with Gasteiger partial charge in [0, 0.05) is 30.2 Å². The lowest BCUT2D eigenvalue weighted by atomic mass is 9.79. The highest BCUT2D eigenvalue weighted by Crippen LogP contribution is 2.17. The van der Waals surface area contributed by atoms with Gasteiger partial charge in [0.2, 0.25) is 0 Å². The molecule has 1 heterocycles. The summed E-state index contributed by atoms with van der Waals surface area (Å²) in [6.07, 6.45) is 1.81. The van der Waals surface area contributed by atoms with Crippen molar-refractivity contribution in [3.05, 3.63) is 18.3 Å². The van der Waals surface area contributed by atoms with Gasteiger partial charge in [-0.05, 0) is 6.07 Å². The van der Waals surface area contributed by atoms with Crippen LogP contribution in [-0.4, -0.2) is 34.1 Å². The summed E-state index contributed by atoms with van der Waals surface area (Å²) in [6.45, 7) is 0. The summed E-state index contributed by atoms with van der Waals surface area (Å²) in [7, 11) is 1.75. The first-order valence-corrected chi connectivity index (χ1v) is 4.49. The molecule has 0 fully saturated rings. The Bertz CT molecular complexity index is 495. The molecule has 0 unspecified atom stereocenters. The molecule has 2 aromatic rings. The standard InChI is InChI=1S/C9H11BN2O3/c1-12-5-6-3-7(10(13)14)9(15-2)4-8(6)11-12/h3-5,13-14H,1-2H3. The Morgan fingerprint density at radius 3 is 2.73 bits per heavy atom. The molecule has 0 spiro atoms. The van der Waals surface area contributed by atoms with Crippen molar-refractivity contribution in [3.63, 3.8) is 0 Å². The lowest BCUT2D eigenvalue weighted by Gasteiger charge is -2.06. The average molecular weight is 206 g/mol. The molecule has 2 rings (SSSR count). The van der Waals surface area contributed by atoms with Crippen molar-refractivity contribution in [3.8, 4) is 5.75 Å². The first-order chi connectivity index (χ1) is 7.11. The maximum Gasteiger partial charge on any atom is 0.492 e. The summed E-state index contributed by atoms with van der Waals surface area (Å²) in [6, 6.07) is 3.34. The fraction of sp³-hybridized carbons (Fsp3) is 0.222. The van der Waals surface area contributed by atoms with Crippen LogP contribution in [0.1, 0.15) is 0 Å². The van der Waals surface area contributed by atoms with Gasteiger partial charge in [-0.1, -0.05) is 0 Å². The van der Waals surface area contributed by atoms with E-state index in [4.69, 9.17) is 14.8 Å². The largest absolute Gasteiger partial charge is 0.497 e. The number of hydrogen-bond acceptors (Lipinski definition) is 4. The molecule has 0 radical (unpaired) electrons. The summed E-state index contributed by atoms with van der Waals surface area (Å²) < 4.78 is 6.72. The second-order valence-corrected chi connectivity index (χ2v) is 3.33. The van der Waals surface area contributed by atoms with Crippen LogP contribution in [0.15, 0.2) is 18.3 Å². The Hall–Kier alpha value is -1.53. The predicted molar refractivity (Wildman–Crippen MR) is 57.1 cm³/mol. The Labute approximate surface area is 87.0 Å². The Kier molecular flexibility index (Phi) is 2.38. The number of benzene rings is 1. The average Bonchev–Trinajstić information content (AvgIpc) is 2.54. The first kappa shape index (κ1) is 10.0. The van der Waals surface area contributed by atoms with Crippen LogP contribution in [0.4, 0.5) is 0 Å². The van der Waals surface area contributed by atoms with E-state index >= 15 is 0 Å². The molecule has 0 saturated carbocycles. The number of nitrogens with zero attached hydrogens (tertiary/aromatic N) is 2. The molecule has 0 saturated heterocycles. The van der Waals surface area contributed by atoms with Crippen molar-refractivity contribution in [2.75, 3.05) is 7.11 Å². The molecular formula is C9H11BN2O3. The van der Waals surface area contributed by atoms with Gasteiger partial charge in [0.1, 0.15) is 5.75 Å². The van der Waals surface area contributed by atoms with Crippen molar-refractivity contribution in [1.29, 1.82) is 0 Å². The van der Waals surface area contributed by atoms with E-state index < -0.39 is 7.12 Å². The third kappa shape index (κ3) is 1.69. The molecule has 6 heteroatoms. The van der Waals surface area contributed by atoms with Gasteiger partial charge in [-0.3, -0.25) is 4.68 Å². The molecule has 0 aliphatic carbocycles.